The van der Waals surface area contributed by atoms with Crippen molar-refractivity contribution in [1.29, 1.82) is 0 Å². The second kappa shape index (κ2) is 6.22. The average molecular weight is 278 g/mol. The third kappa shape index (κ3) is 3.28. The summed E-state index contributed by atoms with van der Waals surface area (Å²) in [5.41, 5.74) is 0.768. The van der Waals surface area contributed by atoms with Gasteiger partial charge in [0.05, 0.1) is 19.3 Å². The van der Waals surface area contributed by atoms with E-state index in [9.17, 15) is 9.90 Å². The van der Waals surface area contributed by atoms with Gasteiger partial charge in [0, 0.05) is 11.9 Å². The van der Waals surface area contributed by atoms with Crippen LogP contribution in [0.4, 0.5) is 5.69 Å². The smallest absolute Gasteiger partial charge is 0.356 e. The molecule has 0 saturated heterocycles. The summed E-state index contributed by atoms with van der Waals surface area (Å²) in [5.74, 6) is 0.133. The number of pyridine rings is 1. The van der Waals surface area contributed by atoms with E-state index in [2.05, 4.69) is 22.0 Å². The van der Waals surface area contributed by atoms with Crippen LogP contribution in [0.3, 0.4) is 0 Å². The van der Waals surface area contributed by atoms with Gasteiger partial charge in [0.1, 0.15) is 5.69 Å². The lowest BCUT2D eigenvalue weighted by Gasteiger charge is -2.40. The molecule has 0 amide bonds. The van der Waals surface area contributed by atoms with Crippen molar-refractivity contribution in [3.63, 3.8) is 0 Å². The number of ether oxygens (including phenoxy) is 1. The lowest BCUT2D eigenvalue weighted by atomic mass is 9.76. The molecule has 5 nitrogen and oxygen atoms in total. The average Bonchev–Trinajstić information content (AvgIpc) is 2.46. The summed E-state index contributed by atoms with van der Waals surface area (Å²) < 4.78 is 4.67. The van der Waals surface area contributed by atoms with Crippen LogP contribution in [0, 0.1) is 5.92 Å². The predicted molar refractivity (Wildman–Crippen MR) is 76.6 cm³/mol. The molecule has 20 heavy (non-hydrogen) atoms. The van der Waals surface area contributed by atoms with Gasteiger partial charge in [-0.3, -0.25) is 0 Å². The zero-order valence-corrected chi connectivity index (χ0v) is 12.1. The fraction of sp³-hybridized carbons (Fsp3) is 0.600. The summed E-state index contributed by atoms with van der Waals surface area (Å²) in [7, 11) is 1.34. The number of nitrogens with zero attached hydrogens (tertiary/aromatic N) is 1. The molecule has 1 heterocycles. The molecule has 2 unspecified atom stereocenters. The molecule has 2 atom stereocenters. The summed E-state index contributed by atoms with van der Waals surface area (Å²) >= 11 is 0. The van der Waals surface area contributed by atoms with E-state index in [1.807, 2.05) is 6.07 Å². The number of hydrogen-bond donors (Lipinski definition) is 2. The lowest BCUT2D eigenvalue weighted by molar-refractivity contribution is 0.0594. The number of nitrogens with one attached hydrogen (secondary N) is 1. The summed E-state index contributed by atoms with van der Waals surface area (Å²) in [6.07, 6.45) is 5.74. The second-order valence-electron chi connectivity index (χ2n) is 5.69. The maximum absolute atomic E-state index is 11.5. The maximum Gasteiger partial charge on any atom is 0.356 e. The molecular weight excluding hydrogens is 256 g/mol. The number of aliphatic hydroxyl groups excluding tert-OH is 1. The number of aliphatic hydroxyl groups is 1. The zero-order chi connectivity index (χ0) is 14.6. The molecule has 110 valence electrons. The van der Waals surface area contributed by atoms with Gasteiger partial charge >= 0.3 is 5.97 Å². The van der Waals surface area contributed by atoms with Crippen molar-refractivity contribution in [1.82, 2.24) is 4.98 Å². The Morgan fingerprint density at radius 3 is 3.10 bits per heavy atom. The van der Waals surface area contributed by atoms with E-state index in [-0.39, 0.29) is 17.8 Å². The molecule has 0 spiro atoms. The Bertz CT molecular complexity index is 478. The normalized spacial score (nSPS) is 26.1. The van der Waals surface area contributed by atoms with Gasteiger partial charge in [0.15, 0.2) is 0 Å². The Hall–Kier alpha value is -1.62. The molecule has 1 aliphatic rings. The molecule has 0 radical (unpaired) electrons. The molecule has 0 aromatic carbocycles. The molecule has 5 heteroatoms. The van der Waals surface area contributed by atoms with Crippen LogP contribution >= 0.6 is 0 Å². The van der Waals surface area contributed by atoms with Crippen molar-refractivity contribution in [2.45, 2.75) is 38.1 Å². The van der Waals surface area contributed by atoms with Crippen molar-refractivity contribution >= 4 is 11.7 Å². The third-order valence-corrected chi connectivity index (χ3v) is 3.96. The number of anilines is 1. The first-order valence-corrected chi connectivity index (χ1v) is 7.02. The van der Waals surface area contributed by atoms with Crippen LogP contribution in [0.1, 0.15) is 43.1 Å². The van der Waals surface area contributed by atoms with Gasteiger partial charge in [-0.05, 0) is 30.9 Å². The first-order chi connectivity index (χ1) is 9.58. The van der Waals surface area contributed by atoms with E-state index < -0.39 is 5.97 Å². The number of carbonyl (C=O) groups is 1. The number of hydrogen-bond acceptors (Lipinski definition) is 5. The molecule has 1 fully saturated rings. The van der Waals surface area contributed by atoms with Gasteiger partial charge in [0.25, 0.3) is 0 Å². The number of aromatic nitrogens is 1. The standard InChI is InChI=1S/C15H22N2O3/c1-11-4-3-6-15(9-11,10-18)17-12-5-7-16-13(8-12)14(19)20-2/h5,7-8,11,18H,3-4,6,9-10H2,1-2H3,(H,16,17). The van der Waals surface area contributed by atoms with Gasteiger partial charge in [-0.1, -0.05) is 19.8 Å². The Balaban J connectivity index is 2.17. The third-order valence-electron chi connectivity index (χ3n) is 3.96. The number of methoxy groups -OCH3 is 1. The van der Waals surface area contributed by atoms with Crippen LogP contribution in [0.5, 0.6) is 0 Å². The van der Waals surface area contributed by atoms with E-state index in [1.54, 1.807) is 12.3 Å². The minimum Gasteiger partial charge on any atom is -0.464 e. The second-order valence-corrected chi connectivity index (χ2v) is 5.69. The summed E-state index contributed by atoms with van der Waals surface area (Å²) in [4.78, 5) is 15.5. The molecule has 1 aromatic heterocycles. The first-order valence-electron chi connectivity index (χ1n) is 7.02. The molecular formula is C15H22N2O3. The van der Waals surface area contributed by atoms with E-state index >= 15 is 0 Å². The Labute approximate surface area is 119 Å². The fourth-order valence-corrected chi connectivity index (χ4v) is 2.99. The Morgan fingerprint density at radius 2 is 2.45 bits per heavy atom. The Kier molecular flexibility index (Phi) is 4.60. The van der Waals surface area contributed by atoms with Crippen LogP contribution in [-0.4, -0.2) is 35.3 Å². The molecule has 1 aliphatic carbocycles. The van der Waals surface area contributed by atoms with Gasteiger partial charge in [-0.25, -0.2) is 9.78 Å². The van der Waals surface area contributed by atoms with Gasteiger partial charge in [-0.2, -0.15) is 0 Å². The lowest BCUT2D eigenvalue weighted by Crippen LogP contribution is -2.45. The molecule has 1 saturated carbocycles. The van der Waals surface area contributed by atoms with Crippen LogP contribution in [0.2, 0.25) is 0 Å². The molecule has 2 rings (SSSR count). The highest BCUT2D eigenvalue weighted by molar-refractivity contribution is 5.88. The fourth-order valence-electron chi connectivity index (χ4n) is 2.99. The van der Waals surface area contributed by atoms with E-state index in [1.165, 1.54) is 13.5 Å². The molecule has 2 N–H and O–H groups in total. The van der Waals surface area contributed by atoms with Gasteiger partial charge < -0.3 is 15.2 Å². The largest absolute Gasteiger partial charge is 0.464 e. The van der Waals surface area contributed by atoms with Crippen LogP contribution < -0.4 is 5.32 Å². The molecule has 0 bridgehead atoms. The highest BCUT2D eigenvalue weighted by Gasteiger charge is 2.34. The quantitative estimate of drug-likeness (QED) is 0.826. The van der Waals surface area contributed by atoms with Crippen LogP contribution in [0.25, 0.3) is 0 Å². The van der Waals surface area contributed by atoms with Gasteiger partial charge in [-0.15, -0.1) is 0 Å². The Morgan fingerprint density at radius 1 is 1.65 bits per heavy atom. The van der Waals surface area contributed by atoms with Crippen molar-refractivity contribution < 1.29 is 14.6 Å². The van der Waals surface area contributed by atoms with E-state index in [4.69, 9.17) is 0 Å². The highest BCUT2D eigenvalue weighted by Crippen LogP contribution is 2.34. The van der Waals surface area contributed by atoms with Crippen molar-refractivity contribution in [3.05, 3.63) is 24.0 Å². The monoisotopic (exact) mass is 278 g/mol. The predicted octanol–water partition coefficient (Wildman–Crippen LogP) is 2.22. The van der Waals surface area contributed by atoms with Crippen LogP contribution in [0.15, 0.2) is 18.3 Å². The topological polar surface area (TPSA) is 71.5 Å². The minimum atomic E-state index is -0.455. The van der Waals surface area contributed by atoms with E-state index in [0.29, 0.717) is 5.92 Å². The first kappa shape index (κ1) is 14.8. The maximum atomic E-state index is 11.5. The number of rotatable bonds is 4. The SMILES string of the molecule is COC(=O)c1cc(NC2(CO)CCCC(C)C2)ccn1. The molecule has 0 aliphatic heterocycles. The summed E-state index contributed by atoms with van der Waals surface area (Å²) in [5, 5.41) is 13.2. The molecule has 1 aromatic rings. The van der Waals surface area contributed by atoms with Crippen LogP contribution in [-0.2, 0) is 4.74 Å². The van der Waals surface area contributed by atoms with Crippen molar-refractivity contribution in [2.75, 3.05) is 19.0 Å². The highest BCUT2D eigenvalue weighted by atomic mass is 16.5. The van der Waals surface area contributed by atoms with Crippen molar-refractivity contribution in [2.24, 2.45) is 5.92 Å². The summed E-state index contributed by atoms with van der Waals surface area (Å²) in [6.45, 7) is 2.30. The minimum absolute atomic E-state index is 0.0905. The van der Waals surface area contributed by atoms with Crippen molar-refractivity contribution in [3.8, 4) is 0 Å². The zero-order valence-electron chi connectivity index (χ0n) is 12.1. The number of esters is 1. The number of carbonyl (C=O) groups excluding carboxylic acids is 1. The van der Waals surface area contributed by atoms with E-state index in [0.717, 1.165) is 24.9 Å². The summed E-state index contributed by atoms with van der Waals surface area (Å²) in [6, 6.07) is 3.48. The van der Waals surface area contributed by atoms with Gasteiger partial charge in [0.2, 0.25) is 0 Å².